The van der Waals surface area contributed by atoms with Crippen LogP contribution in [0.5, 0.6) is 5.75 Å². The summed E-state index contributed by atoms with van der Waals surface area (Å²) in [6.07, 6.45) is 0.847. The van der Waals surface area contributed by atoms with Crippen molar-refractivity contribution in [3.8, 4) is 5.75 Å². The molecule has 2 aromatic carbocycles. The number of rotatable bonds is 11. The van der Waals surface area contributed by atoms with Gasteiger partial charge in [-0.1, -0.05) is 42.5 Å². The predicted octanol–water partition coefficient (Wildman–Crippen LogP) is 3.87. The lowest BCUT2D eigenvalue weighted by Gasteiger charge is -2.40. The molecule has 0 aromatic heterocycles. The lowest BCUT2D eigenvalue weighted by molar-refractivity contribution is -0.155. The Morgan fingerprint density at radius 1 is 0.903 bits per heavy atom. The number of hydrogen-bond donors (Lipinski definition) is 0. The zero-order chi connectivity index (χ0) is 22.9. The molecule has 0 fully saturated rings. The molecular formula is C25H33NO5. The van der Waals surface area contributed by atoms with Crippen molar-refractivity contribution in [1.82, 2.24) is 4.90 Å². The fraction of sp³-hybridized carbons (Fsp3) is 0.440. The molecule has 0 N–H and O–H groups in total. The maximum atomic E-state index is 12.8. The van der Waals surface area contributed by atoms with Crippen LogP contribution in [0.25, 0.3) is 0 Å². The summed E-state index contributed by atoms with van der Waals surface area (Å²) in [6, 6.07) is 17.6. The summed E-state index contributed by atoms with van der Waals surface area (Å²) >= 11 is 0. The molecule has 0 saturated heterocycles. The summed E-state index contributed by atoms with van der Waals surface area (Å²) in [7, 11) is 4.42. The van der Waals surface area contributed by atoms with Gasteiger partial charge >= 0.3 is 11.9 Å². The van der Waals surface area contributed by atoms with Gasteiger partial charge in [0.05, 0.1) is 33.2 Å². The smallest absolute Gasteiger partial charge is 0.312 e. The van der Waals surface area contributed by atoms with Gasteiger partial charge in [0.1, 0.15) is 5.75 Å². The normalized spacial score (nSPS) is 12.3. The quantitative estimate of drug-likeness (QED) is 0.507. The van der Waals surface area contributed by atoms with Crippen LogP contribution in [-0.2, 0) is 32.0 Å². The minimum Gasteiger partial charge on any atom is -0.497 e. The topological polar surface area (TPSA) is 65.1 Å². The van der Waals surface area contributed by atoms with Crippen LogP contribution in [0.15, 0.2) is 54.6 Å². The van der Waals surface area contributed by atoms with Crippen molar-refractivity contribution in [3.63, 3.8) is 0 Å². The molecule has 0 amide bonds. The Kier molecular flexibility index (Phi) is 9.06. The van der Waals surface area contributed by atoms with Crippen LogP contribution in [0.4, 0.5) is 0 Å². The highest BCUT2D eigenvalue weighted by atomic mass is 16.5. The number of carbonyl (C=O) groups excluding carboxylic acids is 2. The van der Waals surface area contributed by atoms with Crippen molar-refractivity contribution in [2.75, 3.05) is 27.9 Å². The average Bonchev–Trinajstić information content (AvgIpc) is 2.80. The van der Waals surface area contributed by atoms with E-state index in [0.29, 0.717) is 19.5 Å². The lowest BCUT2D eigenvalue weighted by Crippen LogP contribution is -2.51. The Labute approximate surface area is 185 Å². The molecule has 2 aromatic rings. The second kappa shape index (κ2) is 11.5. The Morgan fingerprint density at radius 3 is 2.10 bits per heavy atom. The minimum atomic E-state index is -0.806. The first kappa shape index (κ1) is 24.4. The van der Waals surface area contributed by atoms with E-state index in [9.17, 15) is 9.59 Å². The van der Waals surface area contributed by atoms with E-state index in [1.165, 1.54) is 14.2 Å². The second-order valence-electron chi connectivity index (χ2n) is 8.06. The van der Waals surface area contributed by atoms with Gasteiger partial charge in [-0.3, -0.25) is 14.5 Å². The summed E-state index contributed by atoms with van der Waals surface area (Å²) in [5, 5.41) is 0. The molecule has 168 valence electrons. The van der Waals surface area contributed by atoms with Gasteiger partial charge in [-0.05, 0) is 43.5 Å². The largest absolute Gasteiger partial charge is 0.497 e. The van der Waals surface area contributed by atoms with E-state index in [1.807, 2.05) is 68.4 Å². The second-order valence-corrected chi connectivity index (χ2v) is 8.06. The number of benzene rings is 2. The van der Waals surface area contributed by atoms with Crippen molar-refractivity contribution in [3.05, 3.63) is 65.7 Å². The molecule has 6 nitrogen and oxygen atoms in total. The summed E-state index contributed by atoms with van der Waals surface area (Å²) in [4.78, 5) is 26.8. The monoisotopic (exact) mass is 427 g/mol. The molecule has 0 aliphatic heterocycles. The van der Waals surface area contributed by atoms with E-state index >= 15 is 0 Å². The van der Waals surface area contributed by atoms with E-state index in [0.717, 1.165) is 16.9 Å². The number of methoxy groups -OCH3 is 3. The standard InChI is InChI=1S/C25H33NO5/c1-25(2,24(28)31-5)22(17-19-11-13-21(29-3)14-12-19)26(16-15-23(27)30-4)18-20-9-7-6-8-10-20/h6-14,22H,15-18H2,1-5H3. The van der Waals surface area contributed by atoms with Crippen molar-refractivity contribution >= 4 is 11.9 Å². The van der Waals surface area contributed by atoms with Crippen molar-refractivity contribution in [2.24, 2.45) is 5.41 Å². The molecular weight excluding hydrogens is 394 g/mol. The van der Waals surface area contributed by atoms with Gasteiger partial charge in [-0.15, -0.1) is 0 Å². The molecule has 6 heteroatoms. The molecule has 0 saturated carbocycles. The zero-order valence-electron chi connectivity index (χ0n) is 19.1. The van der Waals surface area contributed by atoms with Gasteiger partial charge in [-0.25, -0.2) is 0 Å². The van der Waals surface area contributed by atoms with Crippen LogP contribution >= 0.6 is 0 Å². The third-order valence-electron chi connectivity index (χ3n) is 5.63. The van der Waals surface area contributed by atoms with E-state index in [1.54, 1.807) is 7.11 Å². The third kappa shape index (κ3) is 6.82. The van der Waals surface area contributed by atoms with Gasteiger partial charge in [-0.2, -0.15) is 0 Å². The van der Waals surface area contributed by atoms with Crippen LogP contribution in [0.1, 0.15) is 31.4 Å². The first-order valence-corrected chi connectivity index (χ1v) is 10.4. The summed E-state index contributed by atoms with van der Waals surface area (Å²) in [6.45, 7) is 4.84. The molecule has 1 atom stereocenters. The molecule has 31 heavy (non-hydrogen) atoms. The molecule has 0 radical (unpaired) electrons. The molecule has 2 rings (SSSR count). The van der Waals surface area contributed by atoms with Gasteiger partial charge in [0.2, 0.25) is 0 Å². The molecule has 0 heterocycles. The van der Waals surface area contributed by atoms with Gasteiger partial charge < -0.3 is 14.2 Å². The van der Waals surface area contributed by atoms with E-state index in [-0.39, 0.29) is 24.4 Å². The summed E-state index contributed by atoms with van der Waals surface area (Å²) in [5.74, 6) is 0.207. The average molecular weight is 428 g/mol. The fourth-order valence-electron chi connectivity index (χ4n) is 3.72. The Hall–Kier alpha value is -2.86. The predicted molar refractivity (Wildman–Crippen MR) is 120 cm³/mol. The van der Waals surface area contributed by atoms with Crippen LogP contribution in [0.2, 0.25) is 0 Å². The molecule has 0 aliphatic rings. The van der Waals surface area contributed by atoms with Crippen LogP contribution in [0.3, 0.4) is 0 Å². The number of hydrogen-bond acceptors (Lipinski definition) is 6. The van der Waals surface area contributed by atoms with Gasteiger partial charge in [0.25, 0.3) is 0 Å². The van der Waals surface area contributed by atoms with E-state index < -0.39 is 5.41 Å². The lowest BCUT2D eigenvalue weighted by atomic mass is 9.79. The van der Waals surface area contributed by atoms with Crippen LogP contribution in [-0.4, -0.2) is 50.8 Å². The molecule has 0 bridgehead atoms. The molecule has 1 unspecified atom stereocenters. The maximum Gasteiger partial charge on any atom is 0.312 e. The summed E-state index contributed by atoms with van der Waals surface area (Å²) in [5.41, 5.74) is 1.37. The highest BCUT2D eigenvalue weighted by Gasteiger charge is 2.41. The van der Waals surface area contributed by atoms with Gasteiger partial charge in [0.15, 0.2) is 0 Å². The SMILES string of the molecule is COC(=O)CCN(Cc1ccccc1)C(Cc1ccc(OC)cc1)C(C)(C)C(=O)OC. The Bertz CT molecular complexity index is 833. The highest BCUT2D eigenvalue weighted by molar-refractivity contribution is 5.77. The minimum absolute atomic E-state index is 0.210. The number of nitrogens with zero attached hydrogens (tertiary/aromatic N) is 1. The summed E-state index contributed by atoms with van der Waals surface area (Å²) < 4.78 is 15.3. The van der Waals surface area contributed by atoms with Crippen molar-refractivity contribution in [1.29, 1.82) is 0 Å². The first-order valence-electron chi connectivity index (χ1n) is 10.4. The first-order chi connectivity index (χ1) is 14.8. The molecule has 0 aliphatic carbocycles. The highest BCUT2D eigenvalue weighted by Crippen LogP contribution is 2.31. The van der Waals surface area contributed by atoms with Crippen molar-refractivity contribution in [2.45, 2.75) is 39.3 Å². The number of carbonyl (C=O) groups is 2. The fourth-order valence-corrected chi connectivity index (χ4v) is 3.72. The number of ether oxygens (including phenoxy) is 3. The van der Waals surface area contributed by atoms with E-state index in [2.05, 4.69) is 4.90 Å². The number of esters is 2. The van der Waals surface area contributed by atoms with Gasteiger partial charge in [0, 0.05) is 19.1 Å². The Morgan fingerprint density at radius 2 is 1.55 bits per heavy atom. The maximum absolute atomic E-state index is 12.8. The van der Waals surface area contributed by atoms with Crippen LogP contribution in [0, 0.1) is 5.41 Å². The zero-order valence-corrected chi connectivity index (χ0v) is 19.1. The third-order valence-corrected chi connectivity index (χ3v) is 5.63. The molecule has 0 spiro atoms. The van der Waals surface area contributed by atoms with Crippen molar-refractivity contribution < 1.29 is 23.8 Å². The van der Waals surface area contributed by atoms with Crippen LogP contribution < -0.4 is 4.74 Å². The van der Waals surface area contributed by atoms with E-state index in [4.69, 9.17) is 14.2 Å². The Balaban J connectivity index is 2.41.